The predicted molar refractivity (Wildman–Crippen MR) is 67.8 cm³/mol. The van der Waals surface area contributed by atoms with Gasteiger partial charge in [0, 0.05) is 5.70 Å². The highest BCUT2D eigenvalue weighted by Gasteiger charge is 1.97. The molecule has 0 spiro atoms. The summed E-state index contributed by atoms with van der Waals surface area (Å²) >= 11 is 0. The highest BCUT2D eigenvalue weighted by atomic mass is 14.9. The van der Waals surface area contributed by atoms with Crippen molar-refractivity contribution < 1.29 is 0 Å². The van der Waals surface area contributed by atoms with Crippen molar-refractivity contribution in [2.45, 2.75) is 0 Å². The molecule has 15 heavy (non-hydrogen) atoms. The van der Waals surface area contributed by atoms with Gasteiger partial charge in [-0.1, -0.05) is 37.4 Å². The van der Waals surface area contributed by atoms with E-state index in [1.807, 2.05) is 36.4 Å². The average Bonchev–Trinajstić information content (AvgIpc) is 2.27. The van der Waals surface area contributed by atoms with Gasteiger partial charge in [0.1, 0.15) is 0 Å². The van der Waals surface area contributed by atoms with E-state index in [2.05, 4.69) is 30.2 Å². The van der Waals surface area contributed by atoms with Crippen molar-refractivity contribution in [1.29, 1.82) is 0 Å². The normalized spacial score (nSPS) is 9.87. The number of allylic oxidation sites excluding steroid dienone is 3. The lowest BCUT2D eigenvalue weighted by Crippen LogP contribution is -1.94. The summed E-state index contributed by atoms with van der Waals surface area (Å²) in [6, 6.07) is 7.66. The number of para-hydroxylation sites is 2. The molecule has 1 N–H and O–H groups in total. The van der Waals surface area contributed by atoms with Crippen molar-refractivity contribution in [3.8, 4) is 0 Å². The molecule has 0 heterocycles. The summed E-state index contributed by atoms with van der Waals surface area (Å²) in [4.78, 5) is 3.91. The van der Waals surface area contributed by atoms with E-state index in [4.69, 9.17) is 0 Å². The van der Waals surface area contributed by atoms with E-state index >= 15 is 0 Å². The maximum absolute atomic E-state index is 3.91. The Morgan fingerprint density at radius 3 is 2.73 bits per heavy atom. The molecule has 0 atom stereocenters. The Kier molecular flexibility index (Phi) is 4.10. The van der Waals surface area contributed by atoms with Gasteiger partial charge in [-0.15, -0.1) is 0 Å². The average molecular weight is 198 g/mol. The fourth-order valence-corrected chi connectivity index (χ4v) is 1.12. The van der Waals surface area contributed by atoms with E-state index in [0.29, 0.717) is 0 Å². The smallest absolute Gasteiger partial charge is 0.0857 e. The molecule has 2 nitrogen and oxygen atoms in total. The van der Waals surface area contributed by atoms with Crippen molar-refractivity contribution in [2.75, 3.05) is 5.32 Å². The highest BCUT2D eigenvalue weighted by molar-refractivity contribution is 5.69. The summed E-state index contributed by atoms with van der Waals surface area (Å²) < 4.78 is 0. The first-order chi connectivity index (χ1) is 7.27. The monoisotopic (exact) mass is 198 g/mol. The first-order valence-electron chi connectivity index (χ1n) is 4.58. The zero-order valence-corrected chi connectivity index (χ0v) is 8.61. The van der Waals surface area contributed by atoms with Crippen LogP contribution in [0.3, 0.4) is 0 Å². The van der Waals surface area contributed by atoms with E-state index in [0.717, 1.165) is 17.1 Å². The molecule has 0 aliphatic heterocycles. The molecule has 1 aromatic rings. The van der Waals surface area contributed by atoms with Crippen LogP contribution in [-0.4, -0.2) is 6.72 Å². The van der Waals surface area contributed by atoms with Gasteiger partial charge in [0.15, 0.2) is 0 Å². The number of benzene rings is 1. The first kappa shape index (κ1) is 11.0. The van der Waals surface area contributed by atoms with Crippen LogP contribution in [-0.2, 0) is 0 Å². The molecule has 76 valence electrons. The van der Waals surface area contributed by atoms with Gasteiger partial charge >= 0.3 is 0 Å². The molecule has 0 saturated heterocycles. The van der Waals surface area contributed by atoms with Crippen molar-refractivity contribution in [1.82, 2.24) is 0 Å². The number of aliphatic imine (C=N–C) groups is 1. The zero-order chi connectivity index (χ0) is 11.1. The van der Waals surface area contributed by atoms with Crippen LogP contribution in [0.4, 0.5) is 11.4 Å². The van der Waals surface area contributed by atoms with Gasteiger partial charge in [0.25, 0.3) is 0 Å². The Bertz CT molecular complexity index is 403. The lowest BCUT2D eigenvalue weighted by Gasteiger charge is -2.07. The molecule has 0 saturated carbocycles. The summed E-state index contributed by atoms with van der Waals surface area (Å²) in [5.41, 5.74) is 2.49. The Labute approximate surface area is 90.4 Å². The Balaban J connectivity index is 2.80. The molecule has 1 rings (SSSR count). The van der Waals surface area contributed by atoms with Crippen LogP contribution >= 0.6 is 0 Å². The molecule has 2 heteroatoms. The number of anilines is 1. The van der Waals surface area contributed by atoms with Crippen molar-refractivity contribution >= 4 is 18.1 Å². The van der Waals surface area contributed by atoms with Gasteiger partial charge in [-0.05, 0) is 24.9 Å². The van der Waals surface area contributed by atoms with Crippen molar-refractivity contribution in [2.24, 2.45) is 4.99 Å². The third-order valence-electron chi connectivity index (χ3n) is 1.80. The van der Waals surface area contributed by atoms with Crippen molar-refractivity contribution in [3.63, 3.8) is 0 Å². The standard InChI is InChI=1S/C13H14N2/c1-4-5-8-11(2)15-13-10-7-6-9-12(13)14-3/h4-10,15H,1-3H2/b8-5-. The fourth-order valence-electron chi connectivity index (χ4n) is 1.12. The van der Waals surface area contributed by atoms with Crippen LogP contribution in [0.1, 0.15) is 0 Å². The summed E-state index contributed by atoms with van der Waals surface area (Å²) in [6.07, 6.45) is 5.36. The van der Waals surface area contributed by atoms with Crippen LogP contribution in [0.2, 0.25) is 0 Å². The van der Waals surface area contributed by atoms with E-state index in [1.165, 1.54) is 0 Å². The van der Waals surface area contributed by atoms with Gasteiger partial charge in [0.05, 0.1) is 11.4 Å². The topological polar surface area (TPSA) is 24.4 Å². The molecule has 0 fully saturated rings. The van der Waals surface area contributed by atoms with Gasteiger partial charge in [0.2, 0.25) is 0 Å². The molecule has 0 bridgehead atoms. The molecular formula is C13H14N2. The number of hydrogen-bond acceptors (Lipinski definition) is 2. The number of nitrogens with zero attached hydrogens (tertiary/aromatic N) is 1. The Morgan fingerprint density at radius 2 is 2.07 bits per heavy atom. The van der Waals surface area contributed by atoms with E-state index < -0.39 is 0 Å². The molecule has 0 aromatic heterocycles. The zero-order valence-electron chi connectivity index (χ0n) is 8.61. The minimum absolute atomic E-state index is 0.783. The van der Waals surface area contributed by atoms with Crippen LogP contribution in [0.15, 0.2) is 66.3 Å². The number of rotatable bonds is 5. The maximum atomic E-state index is 3.91. The SMILES string of the molecule is C=C/C=C\C(=C)Nc1ccccc1N=C. The van der Waals surface area contributed by atoms with Crippen LogP contribution in [0.25, 0.3) is 0 Å². The third kappa shape index (κ3) is 3.27. The number of hydrogen-bond donors (Lipinski definition) is 1. The first-order valence-corrected chi connectivity index (χ1v) is 4.58. The molecule has 0 aliphatic rings. The second-order valence-electron chi connectivity index (χ2n) is 2.92. The van der Waals surface area contributed by atoms with Gasteiger partial charge in [-0.3, -0.25) is 4.99 Å². The Morgan fingerprint density at radius 1 is 1.33 bits per heavy atom. The molecule has 0 amide bonds. The van der Waals surface area contributed by atoms with E-state index in [1.54, 1.807) is 6.08 Å². The molecule has 1 aromatic carbocycles. The molecule has 0 radical (unpaired) electrons. The van der Waals surface area contributed by atoms with Crippen LogP contribution < -0.4 is 5.32 Å². The van der Waals surface area contributed by atoms with Crippen LogP contribution in [0, 0.1) is 0 Å². The molecule has 0 unspecified atom stereocenters. The van der Waals surface area contributed by atoms with E-state index in [9.17, 15) is 0 Å². The van der Waals surface area contributed by atoms with Gasteiger partial charge < -0.3 is 5.32 Å². The summed E-state index contributed by atoms with van der Waals surface area (Å²) in [6.45, 7) is 11.0. The van der Waals surface area contributed by atoms with Crippen LogP contribution in [0.5, 0.6) is 0 Å². The second kappa shape index (κ2) is 5.60. The third-order valence-corrected chi connectivity index (χ3v) is 1.80. The summed E-state index contributed by atoms with van der Waals surface area (Å²) in [7, 11) is 0. The fraction of sp³-hybridized carbons (Fsp3) is 0. The molecular weight excluding hydrogens is 184 g/mol. The minimum Gasteiger partial charge on any atom is -0.354 e. The van der Waals surface area contributed by atoms with Crippen molar-refractivity contribution in [3.05, 3.63) is 61.3 Å². The quantitative estimate of drug-likeness (QED) is 0.566. The maximum Gasteiger partial charge on any atom is 0.0857 e. The largest absolute Gasteiger partial charge is 0.354 e. The van der Waals surface area contributed by atoms with E-state index in [-0.39, 0.29) is 0 Å². The molecule has 0 aliphatic carbocycles. The summed E-state index contributed by atoms with van der Waals surface area (Å²) in [5.74, 6) is 0. The van der Waals surface area contributed by atoms with Gasteiger partial charge in [-0.25, -0.2) is 0 Å². The summed E-state index contributed by atoms with van der Waals surface area (Å²) in [5, 5.41) is 3.13. The lowest BCUT2D eigenvalue weighted by molar-refractivity contribution is 1.45. The lowest BCUT2D eigenvalue weighted by atomic mass is 10.2. The minimum atomic E-state index is 0.783. The van der Waals surface area contributed by atoms with Gasteiger partial charge in [-0.2, -0.15) is 0 Å². The highest BCUT2D eigenvalue weighted by Crippen LogP contribution is 2.24. The Hall–Kier alpha value is -2.09. The predicted octanol–water partition coefficient (Wildman–Crippen LogP) is 3.69. The number of nitrogens with one attached hydrogen (secondary N) is 1. The second-order valence-corrected chi connectivity index (χ2v) is 2.92.